The van der Waals surface area contributed by atoms with Crippen LogP contribution in [0.4, 0.5) is 5.69 Å². The first-order valence-electron chi connectivity index (χ1n) is 7.41. The number of hydrogen-bond donors (Lipinski definition) is 0. The highest BCUT2D eigenvalue weighted by atomic mass is 35.5. The van der Waals surface area contributed by atoms with Gasteiger partial charge in [-0.2, -0.15) is 0 Å². The normalized spacial score (nSPS) is 13.7. The fraction of sp³-hybridized carbons (Fsp3) is 0.375. The summed E-state index contributed by atoms with van der Waals surface area (Å²) < 4.78 is 5.52. The third-order valence-corrected chi connectivity index (χ3v) is 3.82. The van der Waals surface area contributed by atoms with Crippen molar-refractivity contribution in [3.05, 3.63) is 40.6 Å². The summed E-state index contributed by atoms with van der Waals surface area (Å²) in [7, 11) is 0. The number of ether oxygens (including phenoxy) is 1. The number of anilines is 1. The van der Waals surface area contributed by atoms with E-state index in [1.807, 2.05) is 26.8 Å². The Morgan fingerprint density at radius 1 is 1.35 bits per heavy atom. The first-order valence-corrected chi connectivity index (χ1v) is 7.79. The van der Waals surface area contributed by atoms with Gasteiger partial charge in [-0.25, -0.2) is 15.0 Å². The van der Waals surface area contributed by atoms with Gasteiger partial charge >= 0.3 is 0 Å². The van der Waals surface area contributed by atoms with Crippen LogP contribution in [0.1, 0.15) is 41.6 Å². The largest absolute Gasteiger partial charge is 0.474 e. The Hall–Kier alpha value is -2.21. The van der Waals surface area contributed by atoms with Gasteiger partial charge in [0.25, 0.3) is 5.91 Å². The van der Waals surface area contributed by atoms with Crippen LogP contribution in [0.25, 0.3) is 0 Å². The molecule has 6 nitrogen and oxygen atoms in total. The van der Waals surface area contributed by atoms with Crippen molar-refractivity contribution in [3.63, 3.8) is 0 Å². The Morgan fingerprint density at radius 3 is 2.87 bits per heavy atom. The molecular weight excluding hydrogens is 316 g/mol. The van der Waals surface area contributed by atoms with Crippen molar-refractivity contribution in [2.75, 3.05) is 18.1 Å². The maximum Gasteiger partial charge on any atom is 0.278 e. The number of rotatable bonds is 2. The number of carbonyl (C=O) groups is 1. The van der Waals surface area contributed by atoms with Crippen molar-refractivity contribution in [2.45, 2.75) is 26.7 Å². The molecule has 1 amide bonds. The van der Waals surface area contributed by atoms with E-state index in [1.54, 1.807) is 11.1 Å². The van der Waals surface area contributed by atoms with Crippen molar-refractivity contribution < 1.29 is 9.53 Å². The molecule has 0 bridgehead atoms. The van der Waals surface area contributed by atoms with Gasteiger partial charge < -0.3 is 4.74 Å². The smallest absolute Gasteiger partial charge is 0.278 e. The summed E-state index contributed by atoms with van der Waals surface area (Å²) in [5, 5.41) is 0.244. The number of fused-ring (bicyclic) bond motifs is 1. The molecule has 3 heterocycles. The van der Waals surface area contributed by atoms with Gasteiger partial charge in [0.2, 0.25) is 5.88 Å². The lowest BCUT2D eigenvalue weighted by atomic mass is 10.2. The third kappa shape index (κ3) is 2.99. The molecular formula is C16H17ClN4O2. The van der Waals surface area contributed by atoms with Gasteiger partial charge in [-0.05, 0) is 18.6 Å². The van der Waals surface area contributed by atoms with Crippen molar-refractivity contribution in [1.29, 1.82) is 0 Å². The Kier molecular flexibility index (Phi) is 4.17. The van der Waals surface area contributed by atoms with Crippen LogP contribution < -0.4 is 9.64 Å². The molecule has 0 N–H and O–H groups in total. The minimum Gasteiger partial charge on any atom is -0.474 e. The van der Waals surface area contributed by atoms with E-state index in [2.05, 4.69) is 15.0 Å². The molecule has 2 aromatic rings. The third-order valence-electron chi connectivity index (χ3n) is 3.54. The summed E-state index contributed by atoms with van der Waals surface area (Å²) in [6.07, 6.45) is 3.19. The van der Waals surface area contributed by atoms with Crippen molar-refractivity contribution in [1.82, 2.24) is 15.0 Å². The van der Waals surface area contributed by atoms with E-state index in [1.165, 1.54) is 6.20 Å². The number of aryl methyl sites for hydroxylation is 1. The van der Waals surface area contributed by atoms with Crippen LogP contribution in [0.15, 0.2) is 18.5 Å². The summed E-state index contributed by atoms with van der Waals surface area (Å²) in [6, 6.07) is 1.87. The number of amides is 1. The minimum absolute atomic E-state index is 0.111. The van der Waals surface area contributed by atoms with E-state index in [4.69, 9.17) is 16.3 Å². The molecule has 3 rings (SSSR count). The lowest BCUT2D eigenvalue weighted by molar-refractivity contribution is 0.0970. The van der Waals surface area contributed by atoms with E-state index in [-0.39, 0.29) is 22.5 Å². The fourth-order valence-electron chi connectivity index (χ4n) is 2.35. The monoisotopic (exact) mass is 332 g/mol. The molecule has 0 unspecified atom stereocenters. The zero-order valence-electron chi connectivity index (χ0n) is 13.2. The summed E-state index contributed by atoms with van der Waals surface area (Å²) >= 11 is 6.15. The summed E-state index contributed by atoms with van der Waals surface area (Å²) in [5.41, 5.74) is 1.80. The molecule has 0 fully saturated rings. The topological polar surface area (TPSA) is 68.2 Å². The van der Waals surface area contributed by atoms with Crippen LogP contribution in [-0.4, -0.2) is 34.0 Å². The molecule has 0 radical (unpaired) electrons. The molecule has 1 aliphatic rings. The Morgan fingerprint density at radius 2 is 2.13 bits per heavy atom. The lowest BCUT2D eigenvalue weighted by Crippen LogP contribution is -2.39. The number of carbonyl (C=O) groups excluding carboxylic acids is 1. The molecule has 0 aliphatic carbocycles. The van der Waals surface area contributed by atoms with E-state index in [9.17, 15) is 4.79 Å². The van der Waals surface area contributed by atoms with Gasteiger partial charge in [-0.1, -0.05) is 25.4 Å². The van der Waals surface area contributed by atoms with Crippen molar-refractivity contribution in [3.8, 4) is 5.88 Å². The molecule has 0 saturated carbocycles. The molecule has 0 atom stereocenters. The lowest BCUT2D eigenvalue weighted by Gasteiger charge is -2.28. The van der Waals surface area contributed by atoms with Gasteiger partial charge in [-0.3, -0.25) is 9.69 Å². The predicted octanol–water partition coefficient (Wildman–Crippen LogP) is 3.00. The van der Waals surface area contributed by atoms with Gasteiger partial charge in [0.1, 0.15) is 18.1 Å². The fourth-order valence-corrected chi connectivity index (χ4v) is 2.52. The van der Waals surface area contributed by atoms with Gasteiger partial charge in [0, 0.05) is 12.1 Å². The maximum absolute atomic E-state index is 12.9. The second-order valence-corrected chi connectivity index (χ2v) is 6.13. The highest BCUT2D eigenvalue weighted by Gasteiger charge is 2.28. The van der Waals surface area contributed by atoms with E-state index in [0.717, 1.165) is 5.56 Å². The number of halogens is 1. The van der Waals surface area contributed by atoms with Crippen LogP contribution in [-0.2, 0) is 0 Å². The molecule has 23 heavy (non-hydrogen) atoms. The SMILES string of the molecule is Cc1cnc2c(c1)N(C(=O)c1nc(C(C)C)ncc1Cl)CCO2. The van der Waals surface area contributed by atoms with E-state index < -0.39 is 0 Å². The summed E-state index contributed by atoms with van der Waals surface area (Å²) in [6.45, 7) is 6.66. The van der Waals surface area contributed by atoms with Crippen LogP contribution in [0.5, 0.6) is 5.88 Å². The Labute approximate surface area is 139 Å². The van der Waals surface area contributed by atoms with Crippen LogP contribution in [0, 0.1) is 6.92 Å². The summed E-state index contributed by atoms with van der Waals surface area (Å²) in [4.78, 5) is 27.3. The van der Waals surface area contributed by atoms with Gasteiger partial charge in [-0.15, -0.1) is 0 Å². The average Bonchev–Trinajstić information content (AvgIpc) is 2.53. The number of nitrogens with zero attached hydrogens (tertiary/aromatic N) is 4. The molecule has 1 aliphatic heterocycles. The highest BCUT2D eigenvalue weighted by Crippen LogP contribution is 2.31. The van der Waals surface area contributed by atoms with Crippen LogP contribution in [0.2, 0.25) is 5.02 Å². The number of pyridine rings is 1. The zero-order chi connectivity index (χ0) is 16.6. The quantitative estimate of drug-likeness (QED) is 0.845. The zero-order valence-corrected chi connectivity index (χ0v) is 14.0. The van der Waals surface area contributed by atoms with E-state index in [0.29, 0.717) is 30.5 Å². The van der Waals surface area contributed by atoms with Gasteiger partial charge in [0.05, 0.1) is 17.8 Å². The van der Waals surface area contributed by atoms with E-state index >= 15 is 0 Å². The summed E-state index contributed by atoms with van der Waals surface area (Å²) in [5.74, 6) is 0.883. The second-order valence-electron chi connectivity index (χ2n) is 5.72. The van der Waals surface area contributed by atoms with Crippen molar-refractivity contribution >= 4 is 23.2 Å². The first kappa shape index (κ1) is 15.7. The molecule has 0 spiro atoms. The standard InChI is InChI=1S/C16H17ClN4O2/c1-9(2)14-18-8-11(17)13(20-14)16(22)21-4-5-23-15-12(21)6-10(3)7-19-15/h6-9H,4-5H2,1-3H3. The first-order chi connectivity index (χ1) is 11.0. The van der Waals surface area contributed by atoms with Crippen molar-refractivity contribution in [2.24, 2.45) is 0 Å². The molecule has 2 aromatic heterocycles. The van der Waals surface area contributed by atoms with Crippen LogP contribution >= 0.6 is 11.6 Å². The Balaban J connectivity index is 2.02. The molecule has 0 aromatic carbocycles. The minimum atomic E-state index is -0.267. The predicted molar refractivity (Wildman–Crippen MR) is 87.3 cm³/mol. The molecule has 0 saturated heterocycles. The Bertz CT molecular complexity index is 764. The second kappa shape index (κ2) is 6.12. The maximum atomic E-state index is 12.9. The molecule has 120 valence electrons. The number of hydrogen-bond acceptors (Lipinski definition) is 5. The van der Waals surface area contributed by atoms with Crippen LogP contribution in [0.3, 0.4) is 0 Å². The highest BCUT2D eigenvalue weighted by molar-refractivity contribution is 6.34. The average molecular weight is 333 g/mol. The molecule has 7 heteroatoms. The van der Waals surface area contributed by atoms with Gasteiger partial charge in [0.15, 0.2) is 5.69 Å². The number of aromatic nitrogens is 3.